The van der Waals surface area contributed by atoms with Crippen LogP contribution in [0.5, 0.6) is 0 Å². The van der Waals surface area contributed by atoms with Gasteiger partial charge >= 0.3 is 0 Å². The fourth-order valence-electron chi connectivity index (χ4n) is 0.857. The van der Waals surface area contributed by atoms with Gasteiger partial charge in [-0.05, 0) is 6.92 Å². The number of hydrogen-bond acceptors (Lipinski definition) is 1. The van der Waals surface area contributed by atoms with Gasteiger partial charge in [0.2, 0.25) is 0 Å². The van der Waals surface area contributed by atoms with Gasteiger partial charge in [-0.3, -0.25) is 0 Å². The Bertz CT molecular complexity index is 271. The molecule has 1 aromatic carbocycles. The van der Waals surface area contributed by atoms with Crippen LogP contribution >= 0.6 is 0 Å². The molecule has 0 unspecified atom stereocenters. The molecule has 2 heteroatoms. The van der Waals surface area contributed by atoms with Crippen LogP contribution in [0.3, 0.4) is 0 Å². The first-order valence-corrected chi connectivity index (χ1v) is 5.48. The summed E-state index contributed by atoms with van der Waals surface area (Å²) in [5.41, 5.74) is 3.07. The van der Waals surface area contributed by atoms with Crippen LogP contribution in [0.2, 0.25) is 0 Å². The molecule has 1 aromatic rings. The summed E-state index contributed by atoms with van der Waals surface area (Å²) in [5.74, 6) is 0. The summed E-state index contributed by atoms with van der Waals surface area (Å²) in [5, 5.41) is 1.37. The van der Waals surface area contributed by atoms with Gasteiger partial charge < -0.3 is 4.74 Å². The van der Waals surface area contributed by atoms with E-state index in [0.29, 0.717) is 6.61 Å². The molecule has 0 aromatic heterocycles. The molecule has 1 nitrogen and oxygen atoms in total. The molecule has 62 valence electrons. The molecule has 0 N–H and O–H groups in total. The Morgan fingerprint density at radius 3 is 2.75 bits per heavy atom. The number of ether oxygens (including phenoxy) is 1. The molecule has 1 rings (SSSR count). The highest BCUT2D eigenvalue weighted by atomic mass is 28.2. The van der Waals surface area contributed by atoms with E-state index in [0.717, 1.165) is 0 Å². The summed E-state index contributed by atoms with van der Waals surface area (Å²) < 4.78 is 4.93. The van der Waals surface area contributed by atoms with Crippen LogP contribution in [-0.4, -0.2) is 16.1 Å². The van der Waals surface area contributed by atoms with Crippen molar-refractivity contribution in [2.75, 3.05) is 6.61 Å². The van der Waals surface area contributed by atoms with E-state index < -0.39 is 9.52 Å². The molecule has 12 heavy (non-hydrogen) atoms. The average Bonchev–Trinajstić information content (AvgIpc) is 2.14. The van der Waals surface area contributed by atoms with Gasteiger partial charge in [-0.15, -0.1) is 0 Å². The van der Waals surface area contributed by atoms with Gasteiger partial charge in [0.25, 0.3) is 0 Å². The zero-order valence-corrected chi connectivity index (χ0v) is 8.62. The molecular formula is C10H12OSi. The molecule has 0 aliphatic heterocycles. The fraction of sp³-hybridized carbons (Fsp3) is 0.200. The van der Waals surface area contributed by atoms with Crippen LogP contribution in [0.15, 0.2) is 30.3 Å². The van der Waals surface area contributed by atoms with Crippen molar-refractivity contribution < 1.29 is 4.74 Å². The van der Waals surface area contributed by atoms with Crippen molar-refractivity contribution in [1.82, 2.24) is 0 Å². The minimum absolute atomic E-state index is 0.418. The Kier molecular flexibility index (Phi) is 4.04. The predicted octanol–water partition coefficient (Wildman–Crippen LogP) is 0.436. The van der Waals surface area contributed by atoms with Crippen molar-refractivity contribution in [3.63, 3.8) is 0 Å². The molecule has 0 amide bonds. The molecule has 0 heterocycles. The van der Waals surface area contributed by atoms with Gasteiger partial charge in [0.1, 0.15) is 15.6 Å². The predicted molar refractivity (Wildman–Crippen MR) is 54.0 cm³/mol. The molecule has 0 aliphatic rings. The van der Waals surface area contributed by atoms with Crippen LogP contribution in [0.1, 0.15) is 6.92 Å². The maximum atomic E-state index is 4.93. The number of benzene rings is 1. The average molecular weight is 176 g/mol. The van der Waals surface area contributed by atoms with Crippen LogP contribution in [0.25, 0.3) is 0 Å². The molecule has 0 radical (unpaired) electrons. The van der Waals surface area contributed by atoms with Gasteiger partial charge in [0.05, 0.1) is 6.61 Å². The minimum Gasteiger partial charge on any atom is -0.447 e. The monoisotopic (exact) mass is 176 g/mol. The molecule has 0 saturated heterocycles. The molecule has 0 saturated carbocycles. The van der Waals surface area contributed by atoms with E-state index in [1.54, 1.807) is 0 Å². The summed E-state index contributed by atoms with van der Waals surface area (Å²) in [6.45, 7) is 2.62. The minimum atomic E-state index is -0.418. The van der Waals surface area contributed by atoms with E-state index >= 15 is 0 Å². The van der Waals surface area contributed by atoms with Crippen LogP contribution in [-0.2, 0) is 4.74 Å². The Morgan fingerprint density at radius 1 is 1.33 bits per heavy atom. The fourth-order valence-corrected chi connectivity index (χ4v) is 1.74. The third-order valence-corrected chi connectivity index (χ3v) is 2.62. The lowest BCUT2D eigenvalue weighted by Crippen LogP contribution is -2.10. The van der Waals surface area contributed by atoms with Crippen molar-refractivity contribution in [3.8, 4) is 11.7 Å². The highest BCUT2D eigenvalue weighted by molar-refractivity contribution is 6.61. The lowest BCUT2D eigenvalue weighted by molar-refractivity contribution is 0.299. The van der Waals surface area contributed by atoms with E-state index in [1.165, 1.54) is 5.19 Å². The van der Waals surface area contributed by atoms with Crippen molar-refractivity contribution >= 4 is 14.7 Å². The second kappa shape index (κ2) is 5.45. The highest BCUT2D eigenvalue weighted by Crippen LogP contribution is 1.79. The molecule has 0 spiro atoms. The second-order valence-electron chi connectivity index (χ2n) is 2.37. The van der Waals surface area contributed by atoms with E-state index in [1.807, 2.05) is 25.1 Å². The summed E-state index contributed by atoms with van der Waals surface area (Å²) >= 11 is 0. The third kappa shape index (κ3) is 3.27. The van der Waals surface area contributed by atoms with Crippen LogP contribution in [0.4, 0.5) is 0 Å². The number of rotatable bonds is 2. The summed E-state index contributed by atoms with van der Waals surface area (Å²) in [7, 11) is -0.418. The smallest absolute Gasteiger partial charge is 0.142 e. The molecule has 0 atom stereocenters. The van der Waals surface area contributed by atoms with E-state index in [9.17, 15) is 0 Å². The zero-order chi connectivity index (χ0) is 8.65. The van der Waals surface area contributed by atoms with Crippen molar-refractivity contribution in [3.05, 3.63) is 30.3 Å². The van der Waals surface area contributed by atoms with E-state index in [2.05, 4.69) is 23.8 Å². The molecular weight excluding hydrogens is 164 g/mol. The Labute approximate surface area is 75.6 Å². The van der Waals surface area contributed by atoms with Gasteiger partial charge in [0.15, 0.2) is 0 Å². The molecule has 0 fully saturated rings. The van der Waals surface area contributed by atoms with Gasteiger partial charge in [0, 0.05) is 0 Å². The SMILES string of the molecule is CCOC#C[SiH2]c1ccccc1. The molecule has 0 bridgehead atoms. The van der Waals surface area contributed by atoms with Crippen molar-refractivity contribution in [2.45, 2.75) is 6.92 Å². The van der Waals surface area contributed by atoms with Gasteiger partial charge in [-0.2, -0.15) is 0 Å². The van der Waals surface area contributed by atoms with Crippen molar-refractivity contribution in [2.24, 2.45) is 0 Å². The number of hydrogen-bond donors (Lipinski definition) is 0. The molecule has 0 aliphatic carbocycles. The maximum Gasteiger partial charge on any atom is 0.142 e. The topological polar surface area (TPSA) is 9.23 Å². The Morgan fingerprint density at radius 2 is 2.08 bits per heavy atom. The largest absolute Gasteiger partial charge is 0.447 e. The standard InChI is InChI=1S/C10H12OSi/c1-2-11-8-9-12-10-6-4-3-5-7-10/h3-7H,2,12H2,1H3. The third-order valence-electron chi connectivity index (χ3n) is 1.42. The summed E-state index contributed by atoms with van der Waals surface area (Å²) in [4.78, 5) is 0. The van der Waals surface area contributed by atoms with Gasteiger partial charge in [-0.1, -0.05) is 41.1 Å². The first-order valence-electron chi connectivity index (χ1n) is 4.07. The lowest BCUT2D eigenvalue weighted by Gasteiger charge is -1.90. The van der Waals surface area contributed by atoms with E-state index in [4.69, 9.17) is 4.74 Å². The highest BCUT2D eigenvalue weighted by Gasteiger charge is 1.85. The van der Waals surface area contributed by atoms with Crippen LogP contribution in [0, 0.1) is 11.7 Å². The Hall–Kier alpha value is -1.20. The van der Waals surface area contributed by atoms with Gasteiger partial charge in [-0.25, -0.2) is 0 Å². The maximum absolute atomic E-state index is 4.93. The first kappa shape index (κ1) is 8.89. The summed E-state index contributed by atoms with van der Waals surface area (Å²) in [6.07, 6.45) is 2.70. The second-order valence-corrected chi connectivity index (χ2v) is 3.90. The van der Waals surface area contributed by atoms with E-state index in [-0.39, 0.29) is 0 Å². The Balaban J connectivity index is 2.40. The quantitative estimate of drug-likeness (QED) is 0.469. The van der Waals surface area contributed by atoms with Crippen LogP contribution < -0.4 is 5.19 Å². The normalized spacial score (nSPS) is 9.42. The summed E-state index contributed by atoms with van der Waals surface area (Å²) in [6, 6.07) is 10.4. The lowest BCUT2D eigenvalue weighted by atomic mass is 10.4. The van der Waals surface area contributed by atoms with Crippen molar-refractivity contribution in [1.29, 1.82) is 0 Å². The first-order chi connectivity index (χ1) is 5.93. The zero-order valence-electron chi connectivity index (χ0n) is 7.21.